The van der Waals surface area contributed by atoms with Gasteiger partial charge < -0.3 is 10.4 Å². The molecule has 2 heterocycles. The molecule has 2 N–H and O–H groups in total. The van der Waals surface area contributed by atoms with Gasteiger partial charge in [-0.05, 0) is 18.2 Å². The maximum absolute atomic E-state index is 12.9. The summed E-state index contributed by atoms with van der Waals surface area (Å²) in [6.07, 6.45) is 1.54. The van der Waals surface area contributed by atoms with Crippen molar-refractivity contribution in [3.05, 3.63) is 29.8 Å². The van der Waals surface area contributed by atoms with E-state index in [-0.39, 0.29) is 5.56 Å². The molecular formula is C11H11FN2O3S. The van der Waals surface area contributed by atoms with E-state index < -0.39 is 23.4 Å². The van der Waals surface area contributed by atoms with E-state index in [2.05, 4.69) is 10.3 Å². The molecule has 0 spiro atoms. The number of amides is 1. The van der Waals surface area contributed by atoms with Crippen LogP contribution in [0.2, 0.25) is 0 Å². The zero-order valence-electron chi connectivity index (χ0n) is 9.35. The Labute approximate surface area is 107 Å². The van der Waals surface area contributed by atoms with E-state index in [1.807, 2.05) is 0 Å². The Kier molecular flexibility index (Phi) is 3.51. The maximum atomic E-state index is 12.9. The molecule has 1 amide bonds. The van der Waals surface area contributed by atoms with E-state index in [1.54, 1.807) is 0 Å². The Hall–Kier alpha value is -1.63. The van der Waals surface area contributed by atoms with Crippen molar-refractivity contribution in [2.24, 2.45) is 0 Å². The highest BCUT2D eigenvalue weighted by atomic mass is 32.2. The Morgan fingerprint density at radius 1 is 1.56 bits per heavy atom. The second-order valence-electron chi connectivity index (χ2n) is 4.01. The maximum Gasteiger partial charge on any atom is 0.330 e. The number of pyridine rings is 1. The highest BCUT2D eigenvalue weighted by Crippen LogP contribution is 2.28. The third-order valence-electron chi connectivity index (χ3n) is 2.77. The van der Waals surface area contributed by atoms with E-state index >= 15 is 0 Å². The minimum absolute atomic E-state index is 0.0695. The third kappa shape index (κ3) is 2.45. The van der Waals surface area contributed by atoms with Gasteiger partial charge in [0, 0.05) is 23.6 Å². The summed E-state index contributed by atoms with van der Waals surface area (Å²) in [5.41, 5.74) is -1.18. The van der Waals surface area contributed by atoms with Crippen LogP contribution in [0.25, 0.3) is 0 Å². The first kappa shape index (κ1) is 12.8. The molecule has 1 aromatic heterocycles. The van der Waals surface area contributed by atoms with Gasteiger partial charge in [0.15, 0.2) is 0 Å². The number of hydrogen-bond donors (Lipinski definition) is 2. The molecule has 1 aromatic rings. The van der Waals surface area contributed by atoms with E-state index in [0.717, 1.165) is 6.07 Å². The minimum Gasteiger partial charge on any atom is -0.479 e. The van der Waals surface area contributed by atoms with Crippen LogP contribution in [0.1, 0.15) is 16.8 Å². The van der Waals surface area contributed by atoms with Crippen molar-refractivity contribution < 1.29 is 19.1 Å². The number of carboxylic acid groups (broad SMARTS) is 1. The molecule has 0 radical (unpaired) electrons. The molecule has 0 aliphatic carbocycles. The summed E-state index contributed by atoms with van der Waals surface area (Å²) in [7, 11) is 0. The van der Waals surface area contributed by atoms with Crippen molar-refractivity contribution in [3.63, 3.8) is 0 Å². The first-order valence-electron chi connectivity index (χ1n) is 5.29. The highest BCUT2D eigenvalue weighted by Gasteiger charge is 2.43. The van der Waals surface area contributed by atoms with Crippen LogP contribution in [0.4, 0.5) is 4.39 Å². The molecule has 1 aliphatic heterocycles. The summed E-state index contributed by atoms with van der Waals surface area (Å²) in [5, 5.41) is 11.7. The largest absolute Gasteiger partial charge is 0.479 e. The molecule has 5 nitrogen and oxygen atoms in total. The number of nitrogens with zero attached hydrogens (tertiary/aromatic N) is 1. The summed E-state index contributed by atoms with van der Waals surface area (Å²) in [6.45, 7) is 0. The van der Waals surface area contributed by atoms with Crippen LogP contribution < -0.4 is 5.32 Å². The lowest BCUT2D eigenvalue weighted by atomic mass is 9.98. The normalized spacial score (nSPS) is 22.7. The van der Waals surface area contributed by atoms with Crippen molar-refractivity contribution in [2.75, 3.05) is 11.5 Å². The van der Waals surface area contributed by atoms with Crippen molar-refractivity contribution >= 4 is 23.6 Å². The van der Waals surface area contributed by atoms with Gasteiger partial charge in [0.1, 0.15) is 5.54 Å². The first-order valence-corrected chi connectivity index (χ1v) is 6.44. The Balaban J connectivity index is 2.18. The smallest absolute Gasteiger partial charge is 0.330 e. The lowest BCUT2D eigenvalue weighted by Crippen LogP contribution is -2.54. The summed E-state index contributed by atoms with van der Waals surface area (Å²) in [5.74, 6) is -1.43. The van der Waals surface area contributed by atoms with Crippen LogP contribution in [-0.2, 0) is 4.79 Å². The number of carbonyl (C=O) groups is 2. The van der Waals surface area contributed by atoms with Crippen molar-refractivity contribution in [1.29, 1.82) is 0 Å². The van der Waals surface area contributed by atoms with Crippen LogP contribution in [0, 0.1) is 5.95 Å². The van der Waals surface area contributed by atoms with Gasteiger partial charge >= 0.3 is 5.97 Å². The van der Waals surface area contributed by atoms with Crippen LogP contribution >= 0.6 is 11.8 Å². The zero-order chi connectivity index (χ0) is 13.2. The standard InChI is InChI=1S/C11H11FN2O3S/c12-8-5-7(1-3-13-8)9(15)14-11(10(16)17)2-4-18-6-11/h1,3,5H,2,4,6H2,(H,14,15)(H,16,17). The van der Waals surface area contributed by atoms with Gasteiger partial charge in [0.2, 0.25) is 5.95 Å². The van der Waals surface area contributed by atoms with Crippen molar-refractivity contribution in [1.82, 2.24) is 10.3 Å². The summed E-state index contributed by atoms with van der Waals surface area (Å²) in [6, 6.07) is 2.32. The Morgan fingerprint density at radius 3 is 2.89 bits per heavy atom. The van der Waals surface area contributed by atoms with Gasteiger partial charge in [-0.1, -0.05) is 0 Å². The van der Waals surface area contributed by atoms with Gasteiger partial charge in [-0.25, -0.2) is 9.78 Å². The van der Waals surface area contributed by atoms with Crippen LogP contribution in [-0.4, -0.2) is 39.0 Å². The second-order valence-corrected chi connectivity index (χ2v) is 5.12. The monoisotopic (exact) mass is 270 g/mol. The van der Waals surface area contributed by atoms with Gasteiger partial charge in [-0.15, -0.1) is 0 Å². The molecule has 0 aromatic carbocycles. The number of halogens is 1. The lowest BCUT2D eigenvalue weighted by molar-refractivity contribution is -0.143. The van der Waals surface area contributed by atoms with Crippen LogP contribution in [0.3, 0.4) is 0 Å². The fourth-order valence-corrected chi connectivity index (χ4v) is 3.04. The van der Waals surface area contributed by atoms with Crippen molar-refractivity contribution in [2.45, 2.75) is 12.0 Å². The molecule has 1 fully saturated rings. The second kappa shape index (κ2) is 4.93. The predicted octanol–water partition coefficient (Wildman–Crippen LogP) is 0.911. The Bertz CT molecular complexity index is 489. The number of aromatic nitrogens is 1. The van der Waals surface area contributed by atoms with E-state index in [1.165, 1.54) is 24.0 Å². The van der Waals surface area contributed by atoms with E-state index in [9.17, 15) is 19.1 Å². The topological polar surface area (TPSA) is 79.3 Å². The number of aliphatic carboxylic acids is 1. The molecule has 1 saturated heterocycles. The molecular weight excluding hydrogens is 259 g/mol. The SMILES string of the molecule is O=C(NC1(C(=O)O)CCSC1)c1ccnc(F)c1. The average molecular weight is 270 g/mol. The summed E-state index contributed by atoms with van der Waals surface area (Å²) < 4.78 is 12.9. The van der Waals surface area contributed by atoms with Crippen molar-refractivity contribution in [3.8, 4) is 0 Å². The molecule has 96 valence electrons. The molecule has 1 aliphatic rings. The predicted molar refractivity (Wildman–Crippen MR) is 64.0 cm³/mol. The quantitative estimate of drug-likeness (QED) is 0.798. The lowest BCUT2D eigenvalue weighted by Gasteiger charge is -2.24. The number of carboxylic acids is 1. The van der Waals surface area contributed by atoms with Gasteiger partial charge in [-0.3, -0.25) is 4.79 Å². The molecule has 0 saturated carbocycles. The summed E-state index contributed by atoms with van der Waals surface area (Å²) >= 11 is 1.47. The van der Waals surface area contributed by atoms with Crippen LogP contribution in [0.5, 0.6) is 0 Å². The zero-order valence-corrected chi connectivity index (χ0v) is 10.2. The number of hydrogen-bond acceptors (Lipinski definition) is 4. The van der Waals surface area contributed by atoms with E-state index in [0.29, 0.717) is 17.9 Å². The van der Waals surface area contributed by atoms with E-state index in [4.69, 9.17) is 0 Å². The molecule has 1 unspecified atom stereocenters. The summed E-state index contributed by atoms with van der Waals surface area (Å²) in [4.78, 5) is 26.5. The molecule has 18 heavy (non-hydrogen) atoms. The number of nitrogens with one attached hydrogen (secondary N) is 1. The number of carbonyl (C=O) groups excluding carboxylic acids is 1. The molecule has 1 atom stereocenters. The van der Waals surface area contributed by atoms with Crippen LogP contribution in [0.15, 0.2) is 18.3 Å². The average Bonchev–Trinajstić information content (AvgIpc) is 2.79. The highest BCUT2D eigenvalue weighted by molar-refractivity contribution is 7.99. The van der Waals surface area contributed by atoms with Gasteiger partial charge in [0.05, 0.1) is 0 Å². The minimum atomic E-state index is -1.25. The Morgan fingerprint density at radius 2 is 2.33 bits per heavy atom. The fraction of sp³-hybridized carbons (Fsp3) is 0.364. The fourth-order valence-electron chi connectivity index (χ4n) is 1.72. The molecule has 2 rings (SSSR count). The first-order chi connectivity index (χ1) is 8.53. The third-order valence-corrected chi connectivity index (χ3v) is 3.96. The number of rotatable bonds is 3. The molecule has 0 bridgehead atoms. The van der Waals surface area contributed by atoms with Gasteiger partial charge in [0.25, 0.3) is 5.91 Å². The van der Waals surface area contributed by atoms with Gasteiger partial charge in [-0.2, -0.15) is 16.2 Å². The molecule has 7 heteroatoms. The number of thioether (sulfide) groups is 1.